The fourth-order valence-corrected chi connectivity index (χ4v) is 2.37. The smallest absolute Gasteiger partial charge is 0.329 e. The lowest BCUT2D eigenvalue weighted by molar-refractivity contribution is -0.136. The van der Waals surface area contributed by atoms with Gasteiger partial charge in [0.1, 0.15) is 5.75 Å². The van der Waals surface area contributed by atoms with Crippen molar-refractivity contribution < 1.29 is 14.3 Å². The molecule has 0 aromatic heterocycles. The molecular formula is C17H15Cl2N3O3. The van der Waals surface area contributed by atoms with Crippen LogP contribution in [-0.4, -0.2) is 24.6 Å². The number of carbonyl (C=O) groups excluding carboxylic acids is 2. The van der Waals surface area contributed by atoms with Crippen molar-refractivity contribution in [2.45, 2.75) is 6.92 Å². The minimum Gasteiger partial charge on any atom is -0.494 e. The molecule has 0 unspecified atom stereocenters. The van der Waals surface area contributed by atoms with Gasteiger partial charge in [0.05, 0.1) is 12.8 Å². The number of halogens is 2. The minimum absolute atomic E-state index is 0.313. The number of benzene rings is 2. The maximum absolute atomic E-state index is 11.8. The quantitative estimate of drug-likeness (QED) is 0.474. The summed E-state index contributed by atoms with van der Waals surface area (Å²) in [6.07, 6.45) is 1.41. The number of ether oxygens (including phenoxy) is 1. The first-order chi connectivity index (χ1) is 12.0. The third kappa shape index (κ3) is 6.10. The first kappa shape index (κ1) is 18.8. The number of nitrogens with one attached hydrogen (secondary N) is 2. The van der Waals surface area contributed by atoms with Crippen LogP contribution in [0.15, 0.2) is 47.6 Å². The lowest BCUT2D eigenvalue weighted by Crippen LogP contribution is -2.32. The van der Waals surface area contributed by atoms with Crippen LogP contribution in [0.1, 0.15) is 12.5 Å². The van der Waals surface area contributed by atoms with Gasteiger partial charge in [-0.05, 0) is 55.0 Å². The molecule has 0 aliphatic carbocycles. The predicted octanol–water partition coefficient (Wildman–Crippen LogP) is 3.48. The highest BCUT2D eigenvalue weighted by molar-refractivity contribution is 6.40. The third-order valence-corrected chi connectivity index (χ3v) is 3.33. The summed E-state index contributed by atoms with van der Waals surface area (Å²) in [5.41, 5.74) is 3.20. The molecule has 130 valence electrons. The molecule has 2 N–H and O–H groups in total. The second-order valence-electron chi connectivity index (χ2n) is 4.81. The van der Waals surface area contributed by atoms with Gasteiger partial charge < -0.3 is 10.1 Å². The molecule has 0 spiro atoms. The Hall–Kier alpha value is -2.57. The molecule has 0 aliphatic rings. The number of hydrazone groups is 1. The number of hydrogen-bond donors (Lipinski definition) is 2. The van der Waals surface area contributed by atoms with Gasteiger partial charge in [0.2, 0.25) is 0 Å². The minimum atomic E-state index is -0.918. The van der Waals surface area contributed by atoms with E-state index in [9.17, 15) is 9.59 Å². The monoisotopic (exact) mass is 379 g/mol. The van der Waals surface area contributed by atoms with E-state index in [0.717, 1.165) is 11.3 Å². The Balaban J connectivity index is 1.89. The first-order valence-electron chi connectivity index (χ1n) is 7.31. The Bertz CT molecular complexity index is 772. The fourth-order valence-electron chi connectivity index (χ4n) is 1.85. The number of carbonyl (C=O) groups is 2. The first-order valence-corrected chi connectivity index (χ1v) is 8.07. The van der Waals surface area contributed by atoms with Crippen LogP contribution >= 0.6 is 23.2 Å². The Morgan fingerprint density at radius 1 is 1.08 bits per heavy atom. The molecule has 0 atom stereocenters. The van der Waals surface area contributed by atoms with Crippen molar-refractivity contribution in [3.05, 3.63) is 58.1 Å². The molecule has 2 aromatic rings. The molecule has 8 heteroatoms. The molecule has 0 saturated heterocycles. The summed E-state index contributed by atoms with van der Waals surface area (Å²) >= 11 is 11.7. The molecule has 0 fully saturated rings. The predicted molar refractivity (Wildman–Crippen MR) is 98.4 cm³/mol. The van der Waals surface area contributed by atoms with Crippen LogP contribution in [0.4, 0.5) is 5.69 Å². The van der Waals surface area contributed by atoms with Crippen LogP contribution in [0.25, 0.3) is 0 Å². The van der Waals surface area contributed by atoms with E-state index in [0.29, 0.717) is 22.3 Å². The van der Waals surface area contributed by atoms with Gasteiger partial charge in [0, 0.05) is 15.7 Å². The van der Waals surface area contributed by atoms with Gasteiger partial charge in [-0.15, -0.1) is 0 Å². The number of nitrogens with zero attached hydrogens (tertiary/aromatic N) is 1. The van der Waals surface area contributed by atoms with E-state index in [1.54, 1.807) is 24.3 Å². The Morgan fingerprint density at radius 2 is 1.72 bits per heavy atom. The van der Waals surface area contributed by atoms with Gasteiger partial charge in [0.15, 0.2) is 0 Å². The molecule has 2 amide bonds. The summed E-state index contributed by atoms with van der Waals surface area (Å²) in [4.78, 5) is 23.5. The van der Waals surface area contributed by atoms with Gasteiger partial charge in [-0.1, -0.05) is 23.2 Å². The second-order valence-corrected chi connectivity index (χ2v) is 5.69. The van der Waals surface area contributed by atoms with E-state index in [4.69, 9.17) is 27.9 Å². The van der Waals surface area contributed by atoms with Crippen LogP contribution in [0.3, 0.4) is 0 Å². The zero-order chi connectivity index (χ0) is 18.2. The summed E-state index contributed by atoms with van der Waals surface area (Å²) in [5, 5.41) is 6.81. The summed E-state index contributed by atoms with van der Waals surface area (Å²) in [7, 11) is 0. The normalized spacial score (nSPS) is 10.5. The van der Waals surface area contributed by atoms with Gasteiger partial charge in [-0.2, -0.15) is 5.10 Å². The van der Waals surface area contributed by atoms with Gasteiger partial charge in [-0.25, -0.2) is 5.43 Å². The topological polar surface area (TPSA) is 79.8 Å². The van der Waals surface area contributed by atoms with E-state index in [1.807, 2.05) is 6.92 Å². The molecule has 25 heavy (non-hydrogen) atoms. The molecule has 2 rings (SSSR count). The van der Waals surface area contributed by atoms with E-state index in [1.165, 1.54) is 24.4 Å². The average molecular weight is 380 g/mol. The fraction of sp³-hybridized carbons (Fsp3) is 0.118. The van der Waals surface area contributed by atoms with Crippen molar-refractivity contribution in [1.29, 1.82) is 0 Å². The van der Waals surface area contributed by atoms with Crippen molar-refractivity contribution in [3.8, 4) is 5.75 Å². The summed E-state index contributed by atoms with van der Waals surface area (Å²) < 4.78 is 5.32. The highest BCUT2D eigenvalue weighted by atomic mass is 35.5. The Labute approximate surface area is 154 Å². The van der Waals surface area contributed by atoms with Crippen LogP contribution in [0, 0.1) is 0 Å². The lowest BCUT2D eigenvalue weighted by atomic mass is 10.2. The van der Waals surface area contributed by atoms with E-state index in [-0.39, 0.29) is 0 Å². The molecule has 0 saturated carbocycles. The number of hydrogen-bond acceptors (Lipinski definition) is 4. The Morgan fingerprint density at radius 3 is 2.32 bits per heavy atom. The van der Waals surface area contributed by atoms with Crippen molar-refractivity contribution in [1.82, 2.24) is 5.43 Å². The Kier molecular flexibility index (Phi) is 6.80. The van der Waals surface area contributed by atoms with Crippen molar-refractivity contribution in [3.63, 3.8) is 0 Å². The SMILES string of the molecule is CCOc1ccc(/C=N/NC(=O)C(=O)Nc2cc(Cl)cc(Cl)c2)cc1. The molecule has 0 heterocycles. The summed E-state index contributed by atoms with van der Waals surface area (Å²) in [6, 6.07) is 11.6. The average Bonchev–Trinajstić information content (AvgIpc) is 2.55. The highest BCUT2D eigenvalue weighted by Gasteiger charge is 2.13. The molecule has 0 radical (unpaired) electrons. The molecular weight excluding hydrogens is 365 g/mol. The van der Waals surface area contributed by atoms with Crippen molar-refractivity contribution in [2.24, 2.45) is 5.10 Å². The van der Waals surface area contributed by atoms with E-state index in [2.05, 4.69) is 15.8 Å². The van der Waals surface area contributed by atoms with E-state index >= 15 is 0 Å². The van der Waals surface area contributed by atoms with Gasteiger partial charge in [-0.3, -0.25) is 9.59 Å². The van der Waals surface area contributed by atoms with Crippen LogP contribution < -0.4 is 15.5 Å². The van der Waals surface area contributed by atoms with Crippen molar-refractivity contribution in [2.75, 3.05) is 11.9 Å². The maximum atomic E-state index is 11.8. The molecule has 6 nitrogen and oxygen atoms in total. The zero-order valence-electron chi connectivity index (χ0n) is 13.3. The molecule has 0 bridgehead atoms. The highest BCUT2D eigenvalue weighted by Crippen LogP contribution is 2.22. The largest absolute Gasteiger partial charge is 0.494 e. The number of anilines is 1. The summed E-state index contributed by atoms with van der Waals surface area (Å²) in [5.74, 6) is -1.07. The van der Waals surface area contributed by atoms with Gasteiger partial charge >= 0.3 is 11.8 Å². The number of amides is 2. The van der Waals surface area contributed by atoms with Crippen LogP contribution in [0.5, 0.6) is 5.75 Å². The standard InChI is InChI=1S/C17H15Cl2N3O3/c1-2-25-15-5-3-11(4-6-15)10-20-22-17(24)16(23)21-14-8-12(18)7-13(19)9-14/h3-10H,2H2,1H3,(H,21,23)(H,22,24)/b20-10+. The third-order valence-electron chi connectivity index (χ3n) is 2.90. The van der Waals surface area contributed by atoms with Crippen LogP contribution in [-0.2, 0) is 9.59 Å². The van der Waals surface area contributed by atoms with Crippen molar-refractivity contribution >= 4 is 46.9 Å². The lowest BCUT2D eigenvalue weighted by Gasteiger charge is -2.05. The molecule has 0 aliphatic heterocycles. The molecule has 2 aromatic carbocycles. The van der Waals surface area contributed by atoms with E-state index < -0.39 is 11.8 Å². The van der Waals surface area contributed by atoms with Gasteiger partial charge in [0.25, 0.3) is 0 Å². The second kappa shape index (κ2) is 9.05. The van der Waals surface area contributed by atoms with Crippen LogP contribution in [0.2, 0.25) is 10.0 Å². The number of rotatable bonds is 5. The maximum Gasteiger partial charge on any atom is 0.329 e. The summed E-state index contributed by atoms with van der Waals surface area (Å²) in [6.45, 7) is 2.48. The zero-order valence-corrected chi connectivity index (χ0v) is 14.8.